The third kappa shape index (κ3) is 5.02. The minimum Gasteiger partial charge on any atom is -0.480 e. The smallest absolute Gasteiger partial charge is 0.326 e. The quantitative estimate of drug-likeness (QED) is 0.697. The van der Waals surface area contributed by atoms with Crippen molar-refractivity contribution in [2.24, 2.45) is 5.92 Å². The van der Waals surface area contributed by atoms with Gasteiger partial charge in [-0.15, -0.1) is 6.58 Å². The van der Waals surface area contributed by atoms with Gasteiger partial charge in [-0.2, -0.15) is 0 Å². The van der Waals surface area contributed by atoms with Crippen LogP contribution in [0.1, 0.15) is 44.9 Å². The van der Waals surface area contributed by atoms with Gasteiger partial charge < -0.3 is 10.4 Å². The maximum absolute atomic E-state index is 11.7. The molecule has 0 spiro atoms. The highest BCUT2D eigenvalue weighted by molar-refractivity contribution is 5.83. The fraction of sp³-hybridized carbons (Fsp3) is 0.692. The molecule has 1 unspecified atom stereocenters. The van der Waals surface area contributed by atoms with Crippen molar-refractivity contribution in [1.82, 2.24) is 5.32 Å². The lowest BCUT2D eigenvalue weighted by Crippen LogP contribution is -2.41. The summed E-state index contributed by atoms with van der Waals surface area (Å²) in [6.07, 6.45) is 8.05. The van der Waals surface area contributed by atoms with E-state index in [1.165, 1.54) is 25.3 Å². The monoisotopic (exact) mass is 239 g/mol. The predicted octanol–water partition coefficient (Wildman–Crippen LogP) is 2.10. The van der Waals surface area contributed by atoms with Crippen molar-refractivity contribution < 1.29 is 14.7 Å². The first kappa shape index (κ1) is 13.7. The normalized spacial score (nSPS) is 18.4. The summed E-state index contributed by atoms with van der Waals surface area (Å²) in [6.45, 7) is 3.49. The summed E-state index contributed by atoms with van der Waals surface area (Å²) < 4.78 is 0. The predicted molar refractivity (Wildman–Crippen MR) is 65.6 cm³/mol. The largest absolute Gasteiger partial charge is 0.480 e. The minimum atomic E-state index is -0.998. The Labute approximate surface area is 102 Å². The second-order valence-corrected chi connectivity index (χ2v) is 4.69. The number of carboxylic acids is 1. The Kier molecular flexibility index (Phi) is 5.73. The highest BCUT2D eigenvalue weighted by Crippen LogP contribution is 2.26. The summed E-state index contributed by atoms with van der Waals surface area (Å²) in [7, 11) is 0. The molecule has 0 heterocycles. The summed E-state index contributed by atoms with van der Waals surface area (Å²) in [5.74, 6) is -0.713. The van der Waals surface area contributed by atoms with E-state index in [-0.39, 0.29) is 12.3 Å². The number of carbonyl (C=O) groups is 2. The molecule has 0 bridgehead atoms. The Bertz CT molecular complexity index is 282. The first-order chi connectivity index (χ1) is 8.13. The molecule has 17 heavy (non-hydrogen) atoms. The van der Waals surface area contributed by atoms with Crippen molar-refractivity contribution in [2.45, 2.75) is 51.0 Å². The number of rotatable bonds is 6. The zero-order chi connectivity index (χ0) is 12.7. The van der Waals surface area contributed by atoms with Crippen molar-refractivity contribution in [3.63, 3.8) is 0 Å². The molecule has 0 aromatic heterocycles. The van der Waals surface area contributed by atoms with E-state index >= 15 is 0 Å². The highest BCUT2D eigenvalue weighted by Gasteiger charge is 2.21. The number of carboxylic acid groups (broad SMARTS) is 1. The van der Waals surface area contributed by atoms with Gasteiger partial charge in [0.2, 0.25) is 5.91 Å². The van der Waals surface area contributed by atoms with E-state index in [1.807, 2.05) is 0 Å². The molecule has 1 fully saturated rings. The van der Waals surface area contributed by atoms with Crippen LogP contribution in [0.4, 0.5) is 0 Å². The molecular weight excluding hydrogens is 218 g/mol. The average Bonchev–Trinajstić information content (AvgIpc) is 2.29. The Morgan fingerprint density at radius 2 is 2.00 bits per heavy atom. The second-order valence-electron chi connectivity index (χ2n) is 4.69. The lowest BCUT2D eigenvalue weighted by molar-refractivity contribution is -0.141. The molecule has 0 saturated heterocycles. The molecule has 1 aliphatic carbocycles. The second kappa shape index (κ2) is 7.09. The number of hydrogen-bond acceptors (Lipinski definition) is 2. The van der Waals surface area contributed by atoms with E-state index in [0.717, 1.165) is 12.8 Å². The molecule has 1 rings (SSSR count). The molecule has 4 nitrogen and oxygen atoms in total. The minimum absolute atomic E-state index is 0.147. The van der Waals surface area contributed by atoms with E-state index in [9.17, 15) is 9.59 Å². The zero-order valence-corrected chi connectivity index (χ0v) is 10.2. The molecular formula is C13H21NO3. The third-order valence-corrected chi connectivity index (χ3v) is 3.23. The zero-order valence-electron chi connectivity index (χ0n) is 10.2. The standard InChI is InChI=1S/C13H21NO3/c1-2-6-11(13(16)17)14-12(15)9-10-7-4-3-5-8-10/h2,10-11H,1,3-9H2,(H,14,15)(H,16,17). The average molecular weight is 239 g/mol. The molecule has 1 atom stereocenters. The van der Waals surface area contributed by atoms with Gasteiger partial charge in [0.1, 0.15) is 6.04 Å². The van der Waals surface area contributed by atoms with Crippen molar-refractivity contribution in [1.29, 1.82) is 0 Å². The van der Waals surface area contributed by atoms with E-state index in [4.69, 9.17) is 5.11 Å². The highest BCUT2D eigenvalue weighted by atomic mass is 16.4. The van der Waals surface area contributed by atoms with Gasteiger partial charge in [-0.1, -0.05) is 25.3 Å². The first-order valence-electron chi connectivity index (χ1n) is 6.26. The fourth-order valence-electron chi connectivity index (χ4n) is 2.29. The molecule has 1 aliphatic rings. The molecule has 0 aliphatic heterocycles. The Morgan fingerprint density at radius 1 is 1.35 bits per heavy atom. The molecule has 96 valence electrons. The van der Waals surface area contributed by atoms with Gasteiger partial charge in [0.15, 0.2) is 0 Å². The first-order valence-corrected chi connectivity index (χ1v) is 6.26. The van der Waals surface area contributed by atoms with E-state index in [2.05, 4.69) is 11.9 Å². The number of amides is 1. The van der Waals surface area contributed by atoms with E-state index in [0.29, 0.717) is 12.3 Å². The molecule has 2 N–H and O–H groups in total. The van der Waals surface area contributed by atoms with Crippen LogP contribution < -0.4 is 5.32 Å². The summed E-state index contributed by atoms with van der Waals surface area (Å²) in [5.41, 5.74) is 0. The van der Waals surface area contributed by atoms with Crippen LogP contribution in [0.25, 0.3) is 0 Å². The van der Waals surface area contributed by atoms with Crippen LogP contribution in [-0.2, 0) is 9.59 Å². The Balaban J connectivity index is 2.35. The summed E-state index contributed by atoms with van der Waals surface area (Å²) in [4.78, 5) is 22.5. The lowest BCUT2D eigenvalue weighted by atomic mass is 9.87. The van der Waals surface area contributed by atoms with Gasteiger partial charge in [0.25, 0.3) is 0 Å². The number of aliphatic carboxylic acids is 1. The number of nitrogens with one attached hydrogen (secondary N) is 1. The topological polar surface area (TPSA) is 66.4 Å². The maximum atomic E-state index is 11.7. The van der Waals surface area contributed by atoms with Crippen molar-refractivity contribution in [3.05, 3.63) is 12.7 Å². The van der Waals surface area contributed by atoms with Gasteiger partial charge in [-0.05, 0) is 25.2 Å². The molecule has 1 saturated carbocycles. The van der Waals surface area contributed by atoms with Crippen LogP contribution in [0.5, 0.6) is 0 Å². The number of carbonyl (C=O) groups excluding carboxylic acids is 1. The van der Waals surface area contributed by atoms with E-state index < -0.39 is 12.0 Å². The molecule has 0 aromatic rings. The van der Waals surface area contributed by atoms with Crippen molar-refractivity contribution >= 4 is 11.9 Å². The van der Waals surface area contributed by atoms with E-state index in [1.54, 1.807) is 0 Å². The van der Waals surface area contributed by atoms with Gasteiger partial charge in [0, 0.05) is 6.42 Å². The summed E-state index contributed by atoms with van der Waals surface area (Å²) in [6, 6.07) is -0.830. The van der Waals surface area contributed by atoms with Gasteiger partial charge in [-0.25, -0.2) is 4.79 Å². The van der Waals surface area contributed by atoms with Crippen molar-refractivity contribution in [3.8, 4) is 0 Å². The number of hydrogen-bond donors (Lipinski definition) is 2. The third-order valence-electron chi connectivity index (χ3n) is 3.23. The molecule has 1 amide bonds. The summed E-state index contributed by atoms with van der Waals surface area (Å²) >= 11 is 0. The van der Waals surface area contributed by atoms with Crippen LogP contribution in [-0.4, -0.2) is 23.0 Å². The SMILES string of the molecule is C=CCC(NC(=O)CC1CCCCC1)C(=O)O. The van der Waals surface area contributed by atoms with Gasteiger partial charge in [0.05, 0.1) is 0 Å². The van der Waals surface area contributed by atoms with Crippen LogP contribution in [0.15, 0.2) is 12.7 Å². The van der Waals surface area contributed by atoms with Crippen LogP contribution >= 0.6 is 0 Å². The van der Waals surface area contributed by atoms with Gasteiger partial charge in [-0.3, -0.25) is 4.79 Å². The maximum Gasteiger partial charge on any atom is 0.326 e. The van der Waals surface area contributed by atoms with Crippen LogP contribution in [0.2, 0.25) is 0 Å². The molecule has 0 aromatic carbocycles. The molecule has 0 radical (unpaired) electrons. The Hall–Kier alpha value is -1.32. The van der Waals surface area contributed by atoms with Gasteiger partial charge >= 0.3 is 5.97 Å². The van der Waals surface area contributed by atoms with Crippen molar-refractivity contribution in [2.75, 3.05) is 0 Å². The Morgan fingerprint density at radius 3 is 2.53 bits per heavy atom. The van der Waals surface area contributed by atoms with Crippen LogP contribution in [0.3, 0.4) is 0 Å². The lowest BCUT2D eigenvalue weighted by Gasteiger charge is -2.21. The molecule has 4 heteroatoms. The fourth-order valence-corrected chi connectivity index (χ4v) is 2.29. The summed E-state index contributed by atoms with van der Waals surface area (Å²) in [5, 5.41) is 11.5. The van der Waals surface area contributed by atoms with Crippen LogP contribution in [0, 0.1) is 5.92 Å².